The van der Waals surface area contributed by atoms with Crippen molar-refractivity contribution in [1.29, 1.82) is 0 Å². The zero-order valence-corrected chi connectivity index (χ0v) is 12.5. The highest BCUT2D eigenvalue weighted by atomic mass is 79.9. The Balaban J connectivity index is 2.36. The van der Waals surface area contributed by atoms with Gasteiger partial charge in [-0.25, -0.2) is 8.78 Å². The van der Waals surface area contributed by atoms with Gasteiger partial charge < -0.3 is 4.74 Å². The third kappa shape index (κ3) is 3.75. The summed E-state index contributed by atoms with van der Waals surface area (Å²) >= 11 is 3.25. The van der Waals surface area contributed by atoms with Gasteiger partial charge in [0.2, 0.25) is 0 Å². The third-order valence-electron chi connectivity index (χ3n) is 2.93. The summed E-state index contributed by atoms with van der Waals surface area (Å²) in [6, 6.07) is 8.01. The number of alkyl halides is 3. The van der Waals surface area contributed by atoms with Crippen LogP contribution in [0, 0.1) is 18.6 Å². The van der Waals surface area contributed by atoms with Gasteiger partial charge in [0.05, 0.1) is 4.83 Å². The molecule has 1 nitrogen and oxygen atoms in total. The van der Waals surface area contributed by atoms with Crippen LogP contribution in [0.3, 0.4) is 0 Å². The molecule has 6 heteroatoms. The van der Waals surface area contributed by atoms with E-state index in [1.807, 2.05) is 0 Å². The molecule has 0 aromatic heterocycles. The smallest absolute Gasteiger partial charge is 0.387 e. The Morgan fingerprint density at radius 1 is 1.05 bits per heavy atom. The number of hydrogen-bond acceptors (Lipinski definition) is 1. The van der Waals surface area contributed by atoms with E-state index in [1.165, 1.54) is 25.1 Å². The highest BCUT2D eigenvalue weighted by molar-refractivity contribution is 9.09. The minimum atomic E-state index is -2.94. The number of halogens is 5. The van der Waals surface area contributed by atoms with Crippen molar-refractivity contribution >= 4 is 15.9 Å². The minimum Gasteiger partial charge on any atom is -0.435 e. The molecule has 0 aliphatic carbocycles. The van der Waals surface area contributed by atoms with Crippen molar-refractivity contribution in [3.63, 3.8) is 0 Å². The molecule has 0 saturated heterocycles. The Morgan fingerprint density at radius 2 is 1.76 bits per heavy atom. The second-order valence-electron chi connectivity index (χ2n) is 4.44. The Hall–Kier alpha value is -1.56. The molecule has 0 aliphatic rings. The lowest BCUT2D eigenvalue weighted by atomic mass is 10.0. The van der Waals surface area contributed by atoms with Gasteiger partial charge in [0.1, 0.15) is 17.4 Å². The van der Waals surface area contributed by atoms with E-state index in [4.69, 9.17) is 0 Å². The lowest BCUT2D eigenvalue weighted by molar-refractivity contribution is -0.0498. The quantitative estimate of drug-likeness (QED) is 0.525. The van der Waals surface area contributed by atoms with Gasteiger partial charge in [0.15, 0.2) is 0 Å². The maximum atomic E-state index is 13.9. The van der Waals surface area contributed by atoms with Crippen LogP contribution in [0.4, 0.5) is 17.6 Å². The van der Waals surface area contributed by atoms with Crippen LogP contribution in [0.5, 0.6) is 5.75 Å². The van der Waals surface area contributed by atoms with Gasteiger partial charge in [-0.05, 0) is 42.3 Å². The van der Waals surface area contributed by atoms with Crippen molar-refractivity contribution in [2.75, 3.05) is 0 Å². The number of benzene rings is 2. The van der Waals surface area contributed by atoms with Gasteiger partial charge in [-0.1, -0.05) is 28.1 Å². The fourth-order valence-electron chi connectivity index (χ4n) is 1.88. The molecule has 0 fully saturated rings. The van der Waals surface area contributed by atoms with Gasteiger partial charge in [-0.3, -0.25) is 0 Å². The zero-order chi connectivity index (χ0) is 15.6. The molecule has 2 rings (SSSR count). The Morgan fingerprint density at radius 3 is 2.43 bits per heavy atom. The van der Waals surface area contributed by atoms with Crippen LogP contribution in [-0.4, -0.2) is 6.61 Å². The first-order valence-corrected chi connectivity index (χ1v) is 6.94. The minimum absolute atomic E-state index is 0.0417. The first kappa shape index (κ1) is 15.8. The predicted octanol–water partition coefficient (Wildman–Crippen LogP) is 5.36. The standard InChI is InChI=1S/C15H11BrF4O/c1-8-5-13(18)11(7-12(8)17)14(16)9-3-2-4-10(6-9)21-15(19)20/h2-7,14-15H,1H3. The monoisotopic (exact) mass is 362 g/mol. The van der Waals surface area contributed by atoms with Crippen molar-refractivity contribution in [2.45, 2.75) is 18.4 Å². The molecule has 0 spiro atoms. The molecule has 2 aromatic rings. The number of rotatable bonds is 4. The Labute approximate surface area is 127 Å². The van der Waals surface area contributed by atoms with Crippen LogP contribution in [0.2, 0.25) is 0 Å². The van der Waals surface area contributed by atoms with E-state index in [0.29, 0.717) is 5.56 Å². The predicted molar refractivity (Wildman–Crippen MR) is 74.9 cm³/mol. The van der Waals surface area contributed by atoms with Gasteiger partial charge in [-0.15, -0.1) is 0 Å². The molecule has 0 saturated carbocycles. The lowest BCUT2D eigenvalue weighted by Gasteiger charge is -2.14. The first-order valence-electron chi connectivity index (χ1n) is 6.03. The molecule has 1 unspecified atom stereocenters. The molecule has 0 N–H and O–H groups in total. The van der Waals surface area contributed by atoms with E-state index < -0.39 is 23.1 Å². The van der Waals surface area contributed by atoms with Crippen LogP contribution >= 0.6 is 15.9 Å². The number of hydrogen-bond donors (Lipinski definition) is 0. The van der Waals surface area contributed by atoms with Gasteiger partial charge >= 0.3 is 6.61 Å². The van der Waals surface area contributed by atoms with E-state index in [9.17, 15) is 17.6 Å². The van der Waals surface area contributed by atoms with E-state index in [1.54, 1.807) is 6.07 Å². The van der Waals surface area contributed by atoms with Gasteiger partial charge in [0.25, 0.3) is 0 Å². The highest BCUT2D eigenvalue weighted by Crippen LogP contribution is 2.35. The summed E-state index contributed by atoms with van der Waals surface area (Å²) in [6.45, 7) is -1.48. The molecule has 0 aliphatic heterocycles. The summed E-state index contributed by atoms with van der Waals surface area (Å²) < 4.78 is 56.2. The molecule has 0 bridgehead atoms. The second kappa shape index (κ2) is 6.47. The van der Waals surface area contributed by atoms with E-state index >= 15 is 0 Å². The average Bonchev–Trinajstić information content (AvgIpc) is 2.41. The maximum absolute atomic E-state index is 13.9. The van der Waals surface area contributed by atoms with Crippen LogP contribution in [0.15, 0.2) is 36.4 Å². The molecule has 0 heterocycles. The van der Waals surface area contributed by atoms with Crippen molar-refractivity contribution in [3.05, 3.63) is 64.7 Å². The molecule has 2 aromatic carbocycles. The SMILES string of the molecule is Cc1cc(F)c(C(Br)c2cccc(OC(F)F)c2)cc1F. The Kier molecular flexibility index (Phi) is 4.88. The fraction of sp³-hybridized carbons (Fsp3) is 0.200. The maximum Gasteiger partial charge on any atom is 0.387 e. The summed E-state index contributed by atoms with van der Waals surface area (Å²) in [5.74, 6) is -1.15. The summed E-state index contributed by atoms with van der Waals surface area (Å²) in [5.41, 5.74) is 0.772. The van der Waals surface area contributed by atoms with Crippen LogP contribution < -0.4 is 4.74 Å². The molecule has 112 valence electrons. The van der Waals surface area contributed by atoms with Gasteiger partial charge in [-0.2, -0.15) is 8.78 Å². The zero-order valence-electron chi connectivity index (χ0n) is 10.9. The summed E-state index contributed by atoms with van der Waals surface area (Å²) in [6.07, 6.45) is 0. The fourth-order valence-corrected chi connectivity index (χ4v) is 2.52. The van der Waals surface area contributed by atoms with Crippen molar-refractivity contribution in [1.82, 2.24) is 0 Å². The van der Waals surface area contributed by atoms with E-state index in [2.05, 4.69) is 20.7 Å². The summed E-state index contributed by atoms with van der Waals surface area (Å²) in [7, 11) is 0. The summed E-state index contributed by atoms with van der Waals surface area (Å²) in [5, 5.41) is 0. The summed E-state index contributed by atoms with van der Waals surface area (Å²) in [4.78, 5) is -0.672. The van der Waals surface area contributed by atoms with Crippen LogP contribution in [0.25, 0.3) is 0 Å². The molecule has 1 atom stereocenters. The Bertz CT molecular complexity index is 646. The topological polar surface area (TPSA) is 9.23 Å². The average molecular weight is 363 g/mol. The number of aryl methyl sites for hydroxylation is 1. The van der Waals surface area contributed by atoms with E-state index in [0.717, 1.165) is 12.1 Å². The largest absolute Gasteiger partial charge is 0.435 e. The molecule has 21 heavy (non-hydrogen) atoms. The highest BCUT2D eigenvalue weighted by Gasteiger charge is 2.18. The van der Waals surface area contributed by atoms with Crippen molar-refractivity contribution in [2.24, 2.45) is 0 Å². The lowest BCUT2D eigenvalue weighted by Crippen LogP contribution is -2.03. The third-order valence-corrected chi connectivity index (χ3v) is 3.95. The second-order valence-corrected chi connectivity index (χ2v) is 5.35. The van der Waals surface area contributed by atoms with Crippen LogP contribution in [0.1, 0.15) is 21.5 Å². The van der Waals surface area contributed by atoms with Crippen molar-refractivity contribution in [3.8, 4) is 5.75 Å². The number of ether oxygens (including phenoxy) is 1. The van der Waals surface area contributed by atoms with Gasteiger partial charge in [0, 0.05) is 5.56 Å². The normalized spacial score (nSPS) is 12.5. The van der Waals surface area contributed by atoms with Crippen molar-refractivity contribution < 1.29 is 22.3 Å². The molecular weight excluding hydrogens is 352 g/mol. The first-order chi connectivity index (χ1) is 9.88. The molecular formula is C15H11BrF4O. The van der Waals surface area contributed by atoms with E-state index in [-0.39, 0.29) is 16.9 Å². The molecule has 0 amide bonds. The molecule has 0 radical (unpaired) electrons. The van der Waals surface area contributed by atoms with Crippen LogP contribution in [-0.2, 0) is 0 Å².